The molecule has 2 radical (unpaired) electrons. The van der Waals surface area contributed by atoms with Gasteiger partial charge in [-0.1, -0.05) is 32.0 Å². The fourth-order valence-corrected chi connectivity index (χ4v) is 1.87. The molecule has 1 aliphatic heterocycles. The molecule has 0 spiro atoms. The molecule has 78 valence electrons. The molecule has 0 fully saturated rings. The first-order valence-electron chi connectivity index (χ1n) is 5.60. The first-order chi connectivity index (χ1) is 6.61. The number of hydrogen-bond donors (Lipinski definition) is 0. The highest BCUT2D eigenvalue weighted by atomic mass is 15.2. The van der Waals surface area contributed by atoms with Gasteiger partial charge in [-0.2, -0.15) is 0 Å². The number of likely N-dealkylation sites (N-methyl/N-ethyl adjacent to an activating group) is 1. The summed E-state index contributed by atoms with van der Waals surface area (Å²) in [7, 11) is 7.84. The van der Waals surface area contributed by atoms with Gasteiger partial charge < -0.3 is 4.90 Å². The van der Waals surface area contributed by atoms with Crippen molar-refractivity contribution in [3.8, 4) is 0 Å². The molecule has 3 heteroatoms. The van der Waals surface area contributed by atoms with Crippen molar-refractivity contribution >= 4 is 13.7 Å². The largest absolute Gasteiger partial charge is 0.359 e. The second-order valence-corrected chi connectivity index (χ2v) is 4.41. The number of unbranched alkanes of at least 4 members (excludes halogenated alkanes) is 1. The zero-order chi connectivity index (χ0) is 10.6. The predicted molar refractivity (Wildman–Crippen MR) is 63.2 cm³/mol. The van der Waals surface area contributed by atoms with Crippen molar-refractivity contribution in [2.75, 3.05) is 13.6 Å². The predicted octanol–water partition coefficient (Wildman–Crippen LogP) is 2.26. The van der Waals surface area contributed by atoms with Gasteiger partial charge in [0.1, 0.15) is 0 Å². The molecule has 1 heterocycles. The lowest BCUT2D eigenvalue weighted by Crippen LogP contribution is -2.31. The average molecular weight is 192 g/mol. The van der Waals surface area contributed by atoms with Crippen molar-refractivity contribution in [1.29, 1.82) is 0 Å². The van der Waals surface area contributed by atoms with E-state index in [4.69, 9.17) is 7.85 Å². The number of rotatable bonds is 5. The van der Waals surface area contributed by atoms with Gasteiger partial charge in [0, 0.05) is 13.1 Å². The minimum atomic E-state index is 0.356. The van der Waals surface area contributed by atoms with E-state index in [2.05, 4.69) is 30.8 Å². The Bertz CT molecular complexity index is 201. The van der Waals surface area contributed by atoms with Crippen molar-refractivity contribution in [2.45, 2.75) is 51.4 Å². The van der Waals surface area contributed by atoms with E-state index in [9.17, 15) is 0 Å². The number of aliphatic imine (C=N–C) groups is 1. The van der Waals surface area contributed by atoms with Crippen LogP contribution < -0.4 is 0 Å². The third-order valence-electron chi connectivity index (χ3n) is 3.04. The lowest BCUT2D eigenvalue weighted by molar-refractivity contribution is 0.367. The van der Waals surface area contributed by atoms with Gasteiger partial charge in [-0.15, -0.1) is 0 Å². The molecule has 1 rings (SSSR count). The molecule has 0 saturated heterocycles. The van der Waals surface area contributed by atoms with Crippen molar-refractivity contribution < 1.29 is 0 Å². The third-order valence-corrected chi connectivity index (χ3v) is 3.04. The Morgan fingerprint density at radius 3 is 2.79 bits per heavy atom. The van der Waals surface area contributed by atoms with E-state index in [1.54, 1.807) is 0 Å². The topological polar surface area (TPSA) is 15.6 Å². The van der Waals surface area contributed by atoms with Crippen LogP contribution in [0.3, 0.4) is 0 Å². The van der Waals surface area contributed by atoms with E-state index >= 15 is 0 Å². The van der Waals surface area contributed by atoms with Crippen LogP contribution in [-0.4, -0.2) is 38.2 Å². The Kier molecular flexibility index (Phi) is 4.50. The van der Waals surface area contributed by atoms with Crippen molar-refractivity contribution in [1.82, 2.24) is 4.90 Å². The van der Waals surface area contributed by atoms with Gasteiger partial charge >= 0.3 is 0 Å². The minimum Gasteiger partial charge on any atom is -0.359 e. The van der Waals surface area contributed by atoms with E-state index in [0.29, 0.717) is 11.9 Å². The third kappa shape index (κ3) is 3.35. The van der Waals surface area contributed by atoms with Gasteiger partial charge in [0.15, 0.2) is 0 Å². The smallest absolute Gasteiger partial charge is 0.0958 e. The lowest BCUT2D eigenvalue weighted by atomic mass is 9.85. The Morgan fingerprint density at radius 1 is 1.57 bits per heavy atom. The highest BCUT2D eigenvalue weighted by Gasteiger charge is 2.20. The Morgan fingerprint density at radius 2 is 2.29 bits per heavy atom. The van der Waals surface area contributed by atoms with Gasteiger partial charge in [-0.3, -0.25) is 4.99 Å². The van der Waals surface area contributed by atoms with Crippen LogP contribution in [0.1, 0.15) is 39.5 Å². The maximum absolute atomic E-state index is 5.70. The molecule has 0 aliphatic carbocycles. The van der Waals surface area contributed by atoms with Crippen molar-refractivity contribution in [3.05, 3.63) is 0 Å². The molecule has 14 heavy (non-hydrogen) atoms. The highest BCUT2D eigenvalue weighted by molar-refractivity contribution is 6.11. The van der Waals surface area contributed by atoms with E-state index in [1.165, 1.54) is 25.1 Å². The zero-order valence-corrected chi connectivity index (χ0v) is 9.66. The Balaban J connectivity index is 2.09. The summed E-state index contributed by atoms with van der Waals surface area (Å²) < 4.78 is 0. The first-order valence-corrected chi connectivity index (χ1v) is 5.60. The second kappa shape index (κ2) is 5.42. The lowest BCUT2D eigenvalue weighted by Gasteiger charge is -2.21. The fraction of sp³-hybridized carbons (Fsp3) is 0.909. The van der Waals surface area contributed by atoms with E-state index < -0.39 is 0 Å². The molecular formula is C11H21BN2. The van der Waals surface area contributed by atoms with Gasteiger partial charge in [0.05, 0.1) is 20.2 Å². The standard InChI is InChI=1S/C11H21BN2/c1-9(12)6-4-5-7-11-8-13-10(2)14(11)3/h9,11H,4-8H2,1-3H3. The monoisotopic (exact) mass is 192 g/mol. The van der Waals surface area contributed by atoms with E-state index in [0.717, 1.165) is 13.0 Å². The number of amidine groups is 1. The van der Waals surface area contributed by atoms with E-state index in [1.807, 2.05) is 0 Å². The SMILES string of the molecule is [B]C(C)CCCCC1CN=C(C)N1C. The van der Waals surface area contributed by atoms with Crippen molar-refractivity contribution in [3.63, 3.8) is 0 Å². The maximum atomic E-state index is 5.70. The molecule has 0 aromatic heterocycles. The molecule has 2 atom stereocenters. The summed E-state index contributed by atoms with van der Waals surface area (Å²) in [5, 5.41) is 0. The molecule has 2 nitrogen and oxygen atoms in total. The fourth-order valence-electron chi connectivity index (χ4n) is 1.87. The van der Waals surface area contributed by atoms with Crippen LogP contribution in [-0.2, 0) is 0 Å². The minimum absolute atomic E-state index is 0.356. The molecule has 0 N–H and O–H groups in total. The van der Waals surface area contributed by atoms with Crippen LogP contribution in [0.25, 0.3) is 0 Å². The molecule has 0 aromatic rings. The summed E-state index contributed by atoms with van der Waals surface area (Å²) in [6, 6.07) is 0.642. The normalized spacial score (nSPS) is 23.8. The van der Waals surface area contributed by atoms with E-state index in [-0.39, 0.29) is 0 Å². The summed E-state index contributed by atoms with van der Waals surface area (Å²) in [5.74, 6) is 1.54. The highest BCUT2D eigenvalue weighted by Crippen LogP contribution is 2.17. The second-order valence-electron chi connectivity index (χ2n) is 4.41. The summed E-state index contributed by atoms with van der Waals surface area (Å²) >= 11 is 0. The molecule has 1 aliphatic rings. The van der Waals surface area contributed by atoms with Crippen LogP contribution in [0, 0.1) is 0 Å². The van der Waals surface area contributed by atoms with Crippen LogP contribution in [0.5, 0.6) is 0 Å². The molecule has 0 aromatic carbocycles. The molecule has 0 saturated carbocycles. The Labute approximate surface area is 89.2 Å². The number of hydrogen-bond acceptors (Lipinski definition) is 2. The molecular weight excluding hydrogens is 171 g/mol. The molecule has 0 bridgehead atoms. The quantitative estimate of drug-likeness (QED) is 0.481. The van der Waals surface area contributed by atoms with Crippen LogP contribution in [0.2, 0.25) is 5.82 Å². The number of nitrogens with zero attached hydrogens (tertiary/aromatic N) is 2. The van der Waals surface area contributed by atoms with Crippen molar-refractivity contribution in [2.24, 2.45) is 4.99 Å². The zero-order valence-electron chi connectivity index (χ0n) is 9.66. The summed E-state index contributed by atoms with van der Waals surface area (Å²) in [5.41, 5.74) is 0. The van der Waals surface area contributed by atoms with Crippen LogP contribution in [0.15, 0.2) is 4.99 Å². The molecule has 2 unspecified atom stereocenters. The summed E-state index contributed by atoms with van der Waals surface area (Å²) in [6.07, 6.45) is 4.93. The summed E-state index contributed by atoms with van der Waals surface area (Å²) in [4.78, 5) is 6.73. The van der Waals surface area contributed by atoms with Crippen LogP contribution >= 0.6 is 0 Å². The van der Waals surface area contributed by atoms with Gasteiger partial charge in [0.2, 0.25) is 0 Å². The Hall–Kier alpha value is -0.465. The van der Waals surface area contributed by atoms with Gasteiger partial charge in [0.25, 0.3) is 0 Å². The van der Waals surface area contributed by atoms with Gasteiger partial charge in [-0.25, -0.2) is 0 Å². The van der Waals surface area contributed by atoms with Gasteiger partial charge in [-0.05, 0) is 13.3 Å². The average Bonchev–Trinajstić information content (AvgIpc) is 2.43. The van der Waals surface area contributed by atoms with Crippen LogP contribution in [0.4, 0.5) is 0 Å². The molecule has 0 amide bonds. The summed E-state index contributed by atoms with van der Waals surface area (Å²) in [6.45, 7) is 5.15. The maximum Gasteiger partial charge on any atom is 0.0958 e. The first kappa shape index (κ1) is 11.6.